The number of nitrogens with one attached hydrogen (secondary N) is 1. The van der Waals surface area contributed by atoms with Crippen LogP contribution in [-0.2, 0) is 0 Å². The molecule has 1 heterocycles. The highest BCUT2D eigenvalue weighted by Crippen LogP contribution is 2.13. The van der Waals surface area contributed by atoms with Crippen LogP contribution in [0.1, 0.15) is 24.9 Å². The lowest BCUT2D eigenvalue weighted by Crippen LogP contribution is -2.32. The summed E-state index contributed by atoms with van der Waals surface area (Å²) in [5, 5.41) is 7.95. The molecule has 0 saturated carbocycles. The van der Waals surface area contributed by atoms with Gasteiger partial charge in [0.15, 0.2) is 0 Å². The summed E-state index contributed by atoms with van der Waals surface area (Å²) in [6.45, 7) is 4.23. The topological polar surface area (TPSA) is 26.1 Å². The molecule has 1 aliphatic rings. The van der Waals surface area contributed by atoms with Gasteiger partial charge in [-0.3, -0.25) is 0 Å². The lowest BCUT2D eigenvalue weighted by atomic mass is 10.1. The second-order valence-corrected chi connectivity index (χ2v) is 3.91. The van der Waals surface area contributed by atoms with Crippen molar-refractivity contribution < 1.29 is 0 Å². The van der Waals surface area contributed by atoms with E-state index in [2.05, 4.69) is 47.9 Å². The van der Waals surface area contributed by atoms with E-state index in [1.807, 2.05) is 0 Å². The number of benzene rings is 1. The maximum Gasteiger partial charge on any atom is 0.0294 e. The summed E-state index contributed by atoms with van der Waals surface area (Å²) < 4.78 is 0. The smallest absolute Gasteiger partial charge is 0.0294 e. The molecule has 75 valence electrons. The zero-order valence-corrected chi connectivity index (χ0v) is 8.61. The Labute approximate surface area is 85.7 Å². The molecule has 0 aliphatic carbocycles. The van der Waals surface area contributed by atoms with Gasteiger partial charge in [0.05, 0.1) is 0 Å². The van der Waals surface area contributed by atoms with Crippen molar-refractivity contribution in [2.45, 2.75) is 25.4 Å². The van der Waals surface area contributed by atoms with Gasteiger partial charge in [-0.25, -0.2) is 5.32 Å². The van der Waals surface area contributed by atoms with E-state index in [9.17, 15) is 0 Å². The maximum absolute atomic E-state index is 4.35. The van der Waals surface area contributed by atoms with Crippen molar-refractivity contribution in [2.24, 2.45) is 0 Å². The second kappa shape index (κ2) is 4.58. The van der Waals surface area contributed by atoms with Crippen molar-refractivity contribution in [3.05, 3.63) is 35.9 Å². The molecule has 2 nitrogen and oxygen atoms in total. The van der Waals surface area contributed by atoms with Crippen LogP contribution in [0.5, 0.6) is 0 Å². The van der Waals surface area contributed by atoms with Gasteiger partial charge in [-0.1, -0.05) is 30.3 Å². The third-order valence-corrected chi connectivity index (χ3v) is 2.77. The molecule has 14 heavy (non-hydrogen) atoms. The molecule has 1 N–H and O–H groups in total. The highest BCUT2D eigenvalue weighted by Gasteiger charge is 2.17. The monoisotopic (exact) mass is 189 g/mol. The average Bonchev–Trinajstić information content (AvgIpc) is 2.72. The van der Waals surface area contributed by atoms with Gasteiger partial charge < -0.3 is 5.32 Å². The zero-order valence-electron chi connectivity index (χ0n) is 8.61. The standard InChI is InChI=1S/C12H17N2/c1-10(11-5-3-2-4-6-11)14-12-7-8-13-9-12/h2-6,10,12,14H,7-9H2,1H3. The van der Waals surface area contributed by atoms with Gasteiger partial charge in [0, 0.05) is 25.2 Å². The molecule has 1 aromatic carbocycles. The molecular weight excluding hydrogens is 172 g/mol. The highest BCUT2D eigenvalue weighted by molar-refractivity contribution is 5.18. The Balaban J connectivity index is 1.92. The van der Waals surface area contributed by atoms with Crippen LogP contribution in [-0.4, -0.2) is 19.1 Å². The third-order valence-electron chi connectivity index (χ3n) is 2.77. The molecule has 2 rings (SSSR count). The van der Waals surface area contributed by atoms with Gasteiger partial charge in [-0.05, 0) is 18.9 Å². The van der Waals surface area contributed by atoms with Crippen LogP contribution < -0.4 is 10.6 Å². The normalized spacial score (nSPS) is 23.6. The van der Waals surface area contributed by atoms with Crippen molar-refractivity contribution in [1.82, 2.24) is 10.6 Å². The quantitative estimate of drug-likeness (QED) is 0.769. The minimum atomic E-state index is 0.439. The molecule has 2 heteroatoms. The van der Waals surface area contributed by atoms with Crippen LogP contribution in [0.25, 0.3) is 0 Å². The summed E-state index contributed by atoms with van der Waals surface area (Å²) in [5.41, 5.74) is 1.36. The van der Waals surface area contributed by atoms with E-state index in [1.54, 1.807) is 0 Å². The largest absolute Gasteiger partial charge is 0.306 e. The molecule has 2 unspecified atom stereocenters. The van der Waals surface area contributed by atoms with Gasteiger partial charge in [-0.15, -0.1) is 0 Å². The second-order valence-electron chi connectivity index (χ2n) is 3.91. The Kier molecular flexibility index (Phi) is 3.17. The highest BCUT2D eigenvalue weighted by atomic mass is 15.0. The first-order valence-electron chi connectivity index (χ1n) is 5.30. The number of rotatable bonds is 3. The maximum atomic E-state index is 4.35. The van der Waals surface area contributed by atoms with Crippen LogP contribution in [0.15, 0.2) is 30.3 Å². The number of hydrogen-bond donors (Lipinski definition) is 1. The van der Waals surface area contributed by atoms with Crippen molar-refractivity contribution >= 4 is 0 Å². The molecule has 0 spiro atoms. The first kappa shape index (κ1) is 9.69. The zero-order chi connectivity index (χ0) is 9.80. The van der Waals surface area contributed by atoms with E-state index in [0.717, 1.165) is 13.1 Å². The summed E-state index contributed by atoms with van der Waals surface area (Å²) >= 11 is 0. The average molecular weight is 189 g/mol. The summed E-state index contributed by atoms with van der Waals surface area (Å²) in [6.07, 6.45) is 1.19. The van der Waals surface area contributed by atoms with Gasteiger partial charge in [0.1, 0.15) is 0 Å². The fraction of sp³-hybridized carbons (Fsp3) is 0.500. The minimum absolute atomic E-state index is 0.439. The number of hydrogen-bond acceptors (Lipinski definition) is 1. The fourth-order valence-electron chi connectivity index (χ4n) is 1.91. The van der Waals surface area contributed by atoms with Crippen molar-refractivity contribution in [1.29, 1.82) is 0 Å². The lowest BCUT2D eigenvalue weighted by Gasteiger charge is -2.18. The Morgan fingerprint density at radius 3 is 2.79 bits per heavy atom. The first-order valence-corrected chi connectivity index (χ1v) is 5.30. The van der Waals surface area contributed by atoms with Crippen LogP contribution in [0.2, 0.25) is 0 Å². The van der Waals surface area contributed by atoms with Crippen LogP contribution in [0.4, 0.5) is 0 Å². The van der Waals surface area contributed by atoms with Crippen molar-refractivity contribution in [3.8, 4) is 0 Å². The SMILES string of the molecule is CC(NC1CC[N]C1)c1ccccc1. The molecule has 2 atom stereocenters. The van der Waals surface area contributed by atoms with Gasteiger partial charge in [0.25, 0.3) is 0 Å². The fourth-order valence-corrected chi connectivity index (χ4v) is 1.91. The van der Waals surface area contributed by atoms with Crippen molar-refractivity contribution in [3.63, 3.8) is 0 Å². The van der Waals surface area contributed by atoms with Gasteiger partial charge >= 0.3 is 0 Å². The van der Waals surface area contributed by atoms with Crippen LogP contribution in [0.3, 0.4) is 0 Å². The van der Waals surface area contributed by atoms with E-state index in [4.69, 9.17) is 0 Å². The van der Waals surface area contributed by atoms with Crippen LogP contribution >= 0.6 is 0 Å². The molecule has 0 aromatic heterocycles. The molecule has 0 amide bonds. The molecule has 1 radical (unpaired) electrons. The Morgan fingerprint density at radius 1 is 1.36 bits per heavy atom. The minimum Gasteiger partial charge on any atom is -0.306 e. The summed E-state index contributed by atoms with van der Waals surface area (Å²) in [5.74, 6) is 0. The summed E-state index contributed by atoms with van der Waals surface area (Å²) in [4.78, 5) is 0. The predicted octanol–water partition coefficient (Wildman–Crippen LogP) is 1.71. The predicted molar refractivity (Wildman–Crippen MR) is 58.3 cm³/mol. The lowest BCUT2D eigenvalue weighted by molar-refractivity contribution is 0.478. The van der Waals surface area contributed by atoms with E-state index < -0.39 is 0 Å². The van der Waals surface area contributed by atoms with E-state index in [0.29, 0.717) is 12.1 Å². The molecule has 1 fully saturated rings. The molecule has 1 aromatic rings. The molecular formula is C12H17N2. The molecule has 1 saturated heterocycles. The van der Waals surface area contributed by atoms with Crippen LogP contribution in [0, 0.1) is 0 Å². The Hall–Kier alpha value is -0.860. The van der Waals surface area contributed by atoms with E-state index in [-0.39, 0.29) is 0 Å². The summed E-state index contributed by atoms with van der Waals surface area (Å²) in [6, 6.07) is 11.6. The van der Waals surface area contributed by atoms with E-state index >= 15 is 0 Å². The molecule has 1 aliphatic heterocycles. The van der Waals surface area contributed by atoms with Gasteiger partial charge in [0.2, 0.25) is 0 Å². The Morgan fingerprint density at radius 2 is 2.14 bits per heavy atom. The number of nitrogens with zero attached hydrogens (tertiary/aromatic N) is 1. The summed E-state index contributed by atoms with van der Waals surface area (Å²) in [7, 11) is 0. The third kappa shape index (κ3) is 2.34. The first-order chi connectivity index (χ1) is 6.86. The van der Waals surface area contributed by atoms with Crippen molar-refractivity contribution in [2.75, 3.05) is 13.1 Å². The molecule has 0 bridgehead atoms. The van der Waals surface area contributed by atoms with Gasteiger partial charge in [-0.2, -0.15) is 0 Å². The van der Waals surface area contributed by atoms with E-state index in [1.165, 1.54) is 12.0 Å². The Bertz CT molecular complexity index is 265.